The molecule has 1 radical (unpaired) electrons. The van der Waals surface area contributed by atoms with Crippen molar-refractivity contribution in [2.24, 2.45) is 0 Å². The zero-order chi connectivity index (χ0) is 13.1. The monoisotopic (exact) mass is 253 g/mol. The van der Waals surface area contributed by atoms with Gasteiger partial charge in [0, 0.05) is 12.2 Å². The van der Waals surface area contributed by atoms with Crippen LogP contribution in [0.1, 0.15) is 31.4 Å². The van der Waals surface area contributed by atoms with Crippen molar-refractivity contribution in [2.45, 2.75) is 31.7 Å². The SMILES string of the molecule is CN1CCCC[C@H]1C1=CC(c2ccccn2)=CC[CH]1. The third-order valence-corrected chi connectivity index (χ3v) is 4.13. The number of pyridine rings is 1. The second-order valence-corrected chi connectivity index (χ2v) is 5.45. The molecule has 1 aliphatic heterocycles. The highest BCUT2D eigenvalue weighted by atomic mass is 15.1. The van der Waals surface area contributed by atoms with Crippen molar-refractivity contribution in [1.29, 1.82) is 0 Å². The molecule has 1 aromatic heterocycles. The first kappa shape index (κ1) is 12.6. The van der Waals surface area contributed by atoms with Crippen molar-refractivity contribution in [2.75, 3.05) is 13.6 Å². The van der Waals surface area contributed by atoms with E-state index in [9.17, 15) is 0 Å². The summed E-state index contributed by atoms with van der Waals surface area (Å²) in [6.07, 6.45) is 13.9. The lowest BCUT2D eigenvalue weighted by Gasteiger charge is -2.35. The summed E-state index contributed by atoms with van der Waals surface area (Å²) >= 11 is 0. The number of nitrogens with zero attached hydrogens (tertiary/aromatic N) is 2. The van der Waals surface area contributed by atoms with Gasteiger partial charge < -0.3 is 0 Å². The molecular weight excluding hydrogens is 232 g/mol. The van der Waals surface area contributed by atoms with E-state index in [1.54, 1.807) is 0 Å². The van der Waals surface area contributed by atoms with E-state index in [4.69, 9.17) is 0 Å². The third-order valence-electron chi connectivity index (χ3n) is 4.13. The molecular formula is C17H21N2. The lowest BCUT2D eigenvalue weighted by molar-refractivity contribution is 0.213. The van der Waals surface area contributed by atoms with Crippen LogP contribution in [0.5, 0.6) is 0 Å². The van der Waals surface area contributed by atoms with Crippen LogP contribution in [0, 0.1) is 6.42 Å². The Morgan fingerprint density at radius 3 is 3.00 bits per heavy atom. The van der Waals surface area contributed by atoms with Crippen LogP contribution in [-0.2, 0) is 0 Å². The Balaban J connectivity index is 1.83. The van der Waals surface area contributed by atoms with Gasteiger partial charge in [-0.3, -0.25) is 9.88 Å². The maximum atomic E-state index is 4.46. The molecule has 99 valence electrons. The van der Waals surface area contributed by atoms with Crippen LogP contribution in [0.2, 0.25) is 0 Å². The van der Waals surface area contributed by atoms with Crippen molar-refractivity contribution in [3.05, 3.63) is 54.2 Å². The number of aromatic nitrogens is 1. The molecule has 0 N–H and O–H groups in total. The summed E-state index contributed by atoms with van der Waals surface area (Å²) in [5.41, 5.74) is 3.84. The predicted octanol–water partition coefficient (Wildman–Crippen LogP) is 3.48. The number of hydrogen-bond donors (Lipinski definition) is 0. The van der Waals surface area contributed by atoms with Crippen molar-refractivity contribution in [1.82, 2.24) is 9.88 Å². The second kappa shape index (κ2) is 5.70. The minimum atomic E-state index is 0.598. The van der Waals surface area contributed by atoms with Gasteiger partial charge in [-0.1, -0.05) is 24.6 Å². The van der Waals surface area contributed by atoms with Crippen LogP contribution < -0.4 is 0 Å². The summed E-state index contributed by atoms with van der Waals surface area (Å²) < 4.78 is 0. The van der Waals surface area contributed by atoms with Crippen LogP contribution in [0.25, 0.3) is 5.57 Å². The molecule has 2 heteroatoms. The smallest absolute Gasteiger partial charge is 0.0698 e. The molecule has 3 rings (SSSR count). The van der Waals surface area contributed by atoms with Gasteiger partial charge in [0.15, 0.2) is 0 Å². The molecule has 2 aliphatic rings. The van der Waals surface area contributed by atoms with Crippen LogP contribution >= 0.6 is 0 Å². The van der Waals surface area contributed by atoms with Crippen molar-refractivity contribution in [3.8, 4) is 0 Å². The van der Waals surface area contributed by atoms with Gasteiger partial charge >= 0.3 is 0 Å². The Morgan fingerprint density at radius 2 is 2.21 bits per heavy atom. The second-order valence-electron chi connectivity index (χ2n) is 5.45. The molecule has 0 unspecified atom stereocenters. The molecule has 0 saturated carbocycles. The molecule has 1 aliphatic carbocycles. The van der Waals surface area contributed by atoms with E-state index in [1.807, 2.05) is 12.3 Å². The summed E-state index contributed by atoms with van der Waals surface area (Å²) in [5, 5.41) is 0. The summed E-state index contributed by atoms with van der Waals surface area (Å²) in [6.45, 7) is 1.22. The summed E-state index contributed by atoms with van der Waals surface area (Å²) in [7, 11) is 2.25. The summed E-state index contributed by atoms with van der Waals surface area (Å²) in [6, 6.07) is 6.72. The Hall–Kier alpha value is -1.41. The Kier molecular flexibility index (Phi) is 3.79. The Morgan fingerprint density at radius 1 is 1.26 bits per heavy atom. The van der Waals surface area contributed by atoms with Gasteiger partial charge in [0.1, 0.15) is 0 Å². The quantitative estimate of drug-likeness (QED) is 0.802. The first-order chi connectivity index (χ1) is 9.34. The Labute approximate surface area is 115 Å². The van der Waals surface area contributed by atoms with E-state index in [2.05, 4.69) is 47.6 Å². The van der Waals surface area contributed by atoms with Crippen molar-refractivity contribution < 1.29 is 0 Å². The minimum Gasteiger partial charge on any atom is -0.300 e. The molecule has 0 bridgehead atoms. The fourth-order valence-corrected chi connectivity index (χ4v) is 3.06. The first-order valence-corrected chi connectivity index (χ1v) is 7.21. The van der Waals surface area contributed by atoms with E-state index in [-0.39, 0.29) is 0 Å². The van der Waals surface area contributed by atoms with E-state index in [0.717, 1.165) is 12.1 Å². The molecule has 1 saturated heterocycles. The standard InChI is InChI=1S/C17H21N2/c1-19-12-5-3-10-17(19)15-8-6-7-14(13-15)16-9-2-4-11-18-16/h2,4,7-9,11,13,17H,3,5-6,10,12H2,1H3/t17-/m0/s1. The van der Waals surface area contributed by atoms with Crippen LogP contribution in [0.15, 0.2) is 42.1 Å². The molecule has 0 aromatic carbocycles. The number of piperidine rings is 1. The van der Waals surface area contributed by atoms with E-state index < -0.39 is 0 Å². The van der Waals surface area contributed by atoms with E-state index >= 15 is 0 Å². The zero-order valence-corrected chi connectivity index (χ0v) is 11.5. The van der Waals surface area contributed by atoms with Crippen LogP contribution in [-0.4, -0.2) is 29.5 Å². The van der Waals surface area contributed by atoms with Gasteiger partial charge in [0.25, 0.3) is 0 Å². The summed E-state index contributed by atoms with van der Waals surface area (Å²) in [4.78, 5) is 6.95. The average molecular weight is 253 g/mol. The van der Waals surface area contributed by atoms with Gasteiger partial charge in [0.05, 0.1) is 5.69 Å². The van der Waals surface area contributed by atoms with Gasteiger partial charge in [-0.15, -0.1) is 0 Å². The topological polar surface area (TPSA) is 16.1 Å². The fourth-order valence-electron chi connectivity index (χ4n) is 3.06. The average Bonchev–Trinajstić information content (AvgIpc) is 2.49. The third kappa shape index (κ3) is 2.79. The fraction of sp³-hybridized carbons (Fsp3) is 0.412. The molecule has 1 aromatic rings. The normalized spacial score (nSPS) is 24.8. The lowest BCUT2D eigenvalue weighted by atomic mass is 9.87. The predicted molar refractivity (Wildman–Crippen MR) is 79.5 cm³/mol. The first-order valence-electron chi connectivity index (χ1n) is 7.21. The van der Waals surface area contributed by atoms with Gasteiger partial charge in [-0.05, 0) is 62.6 Å². The molecule has 0 amide bonds. The number of rotatable bonds is 2. The highest BCUT2D eigenvalue weighted by Gasteiger charge is 2.24. The number of allylic oxidation sites excluding steroid dienone is 3. The molecule has 1 atom stereocenters. The van der Waals surface area contributed by atoms with Crippen LogP contribution in [0.4, 0.5) is 0 Å². The highest BCUT2D eigenvalue weighted by molar-refractivity contribution is 5.74. The summed E-state index contributed by atoms with van der Waals surface area (Å²) in [5.74, 6) is 0. The number of likely N-dealkylation sites (N-methyl/N-ethyl adjacent to an activating group) is 1. The number of likely N-dealkylation sites (tertiary alicyclic amines) is 1. The molecule has 2 heterocycles. The maximum Gasteiger partial charge on any atom is 0.0698 e. The maximum absolute atomic E-state index is 4.46. The molecule has 2 nitrogen and oxygen atoms in total. The van der Waals surface area contributed by atoms with Gasteiger partial charge in [0.2, 0.25) is 0 Å². The van der Waals surface area contributed by atoms with E-state index in [1.165, 1.54) is 37.0 Å². The minimum absolute atomic E-state index is 0.598. The van der Waals surface area contributed by atoms with Crippen LogP contribution in [0.3, 0.4) is 0 Å². The largest absolute Gasteiger partial charge is 0.300 e. The highest BCUT2D eigenvalue weighted by Crippen LogP contribution is 2.30. The van der Waals surface area contributed by atoms with Gasteiger partial charge in [-0.2, -0.15) is 0 Å². The van der Waals surface area contributed by atoms with Crippen molar-refractivity contribution >= 4 is 5.57 Å². The zero-order valence-electron chi connectivity index (χ0n) is 11.5. The number of hydrogen-bond acceptors (Lipinski definition) is 2. The molecule has 0 spiro atoms. The Bertz CT molecular complexity index is 487. The lowest BCUT2D eigenvalue weighted by Crippen LogP contribution is -2.38. The van der Waals surface area contributed by atoms with Gasteiger partial charge in [-0.25, -0.2) is 0 Å². The van der Waals surface area contributed by atoms with Crippen molar-refractivity contribution in [3.63, 3.8) is 0 Å². The molecule has 1 fully saturated rings. The molecule has 19 heavy (non-hydrogen) atoms. The van der Waals surface area contributed by atoms with E-state index in [0.29, 0.717) is 6.04 Å².